The number of aromatic nitrogens is 1. The minimum absolute atomic E-state index is 0.00340. The topological polar surface area (TPSA) is 51.4 Å². The maximum atomic E-state index is 5.82. The summed E-state index contributed by atoms with van der Waals surface area (Å²) < 4.78 is 5.23. The quantitative estimate of drug-likeness (QED) is 0.915. The van der Waals surface area contributed by atoms with E-state index in [0.717, 1.165) is 22.8 Å². The van der Waals surface area contributed by atoms with Crippen LogP contribution in [0.5, 0.6) is 5.75 Å². The second kappa shape index (κ2) is 5.71. The van der Waals surface area contributed by atoms with E-state index in [1.807, 2.05) is 61.5 Å². The minimum Gasteiger partial charge on any atom is -0.497 e. The molecule has 2 rings (SSSR count). The Bertz CT molecular complexity index is 537. The van der Waals surface area contributed by atoms with Crippen LogP contribution in [-0.2, 0) is 0 Å². The summed E-state index contributed by atoms with van der Waals surface area (Å²) >= 11 is 0. The van der Waals surface area contributed by atoms with Crippen molar-refractivity contribution in [1.82, 2.24) is 4.98 Å². The highest BCUT2D eigenvalue weighted by atomic mass is 16.5. The third-order valence-corrected chi connectivity index (χ3v) is 3.08. The zero-order valence-electron chi connectivity index (χ0n) is 11.5. The fraction of sp³-hybridized carbons (Fsp3) is 0.267. The van der Waals surface area contributed by atoms with Crippen LogP contribution >= 0.6 is 0 Å². The molecule has 0 fully saturated rings. The lowest BCUT2D eigenvalue weighted by molar-refractivity contribution is 0.415. The van der Waals surface area contributed by atoms with Gasteiger partial charge in [-0.15, -0.1) is 0 Å². The molecule has 0 aliphatic heterocycles. The van der Waals surface area contributed by atoms with Crippen LogP contribution in [0.15, 0.2) is 42.6 Å². The second-order valence-corrected chi connectivity index (χ2v) is 4.50. The van der Waals surface area contributed by atoms with Crippen molar-refractivity contribution in [2.75, 3.05) is 19.1 Å². The summed E-state index contributed by atoms with van der Waals surface area (Å²) in [6, 6.07) is 11.8. The molecule has 0 aliphatic carbocycles. The van der Waals surface area contributed by atoms with Gasteiger partial charge in [-0.1, -0.05) is 12.1 Å². The fourth-order valence-corrected chi connectivity index (χ4v) is 1.82. The van der Waals surface area contributed by atoms with Crippen molar-refractivity contribution < 1.29 is 4.74 Å². The van der Waals surface area contributed by atoms with E-state index < -0.39 is 0 Å². The molecular weight excluding hydrogens is 238 g/mol. The predicted molar refractivity (Wildman–Crippen MR) is 77.9 cm³/mol. The summed E-state index contributed by atoms with van der Waals surface area (Å²) in [6.45, 7) is 1.95. The number of hydrogen-bond acceptors (Lipinski definition) is 4. The molecular formula is C15H19N3O. The summed E-state index contributed by atoms with van der Waals surface area (Å²) in [5.74, 6) is 1.70. The smallest absolute Gasteiger partial charge is 0.132 e. The zero-order chi connectivity index (χ0) is 13.8. The van der Waals surface area contributed by atoms with Crippen LogP contribution in [-0.4, -0.2) is 19.1 Å². The van der Waals surface area contributed by atoms with Gasteiger partial charge in [0.25, 0.3) is 0 Å². The van der Waals surface area contributed by atoms with E-state index in [0.29, 0.717) is 0 Å². The van der Waals surface area contributed by atoms with Gasteiger partial charge < -0.3 is 15.4 Å². The monoisotopic (exact) mass is 257 g/mol. The van der Waals surface area contributed by atoms with Gasteiger partial charge in [-0.05, 0) is 30.7 Å². The predicted octanol–water partition coefficient (Wildman–Crippen LogP) is 2.88. The summed E-state index contributed by atoms with van der Waals surface area (Å²) in [5.41, 5.74) is 7.88. The number of ether oxygens (including phenoxy) is 1. The van der Waals surface area contributed by atoms with Gasteiger partial charge in [0.1, 0.15) is 11.6 Å². The van der Waals surface area contributed by atoms with E-state index in [1.54, 1.807) is 7.11 Å². The van der Waals surface area contributed by atoms with Gasteiger partial charge in [-0.25, -0.2) is 4.98 Å². The van der Waals surface area contributed by atoms with Gasteiger partial charge in [-0.3, -0.25) is 0 Å². The molecule has 1 heterocycles. The Morgan fingerprint density at radius 1 is 1.26 bits per heavy atom. The lowest BCUT2D eigenvalue weighted by atomic mass is 10.1. The Balaban J connectivity index is 2.25. The highest BCUT2D eigenvalue weighted by Gasteiger charge is 2.07. The lowest BCUT2D eigenvalue weighted by Gasteiger charge is -2.19. The summed E-state index contributed by atoms with van der Waals surface area (Å²) in [6.07, 6.45) is 1.82. The molecule has 0 aliphatic rings. The van der Waals surface area contributed by atoms with Crippen LogP contribution in [0.3, 0.4) is 0 Å². The van der Waals surface area contributed by atoms with Crippen molar-refractivity contribution in [2.45, 2.75) is 13.0 Å². The molecule has 0 bridgehead atoms. The highest BCUT2D eigenvalue weighted by Crippen LogP contribution is 2.25. The maximum absolute atomic E-state index is 5.82. The average molecular weight is 257 g/mol. The van der Waals surface area contributed by atoms with E-state index in [-0.39, 0.29) is 6.04 Å². The summed E-state index contributed by atoms with van der Waals surface area (Å²) in [4.78, 5) is 6.44. The Labute approximate surface area is 113 Å². The maximum Gasteiger partial charge on any atom is 0.132 e. The molecule has 2 aromatic rings. The van der Waals surface area contributed by atoms with Crippen LogP contribution in [0.1, 0.15) is 18.5 Å². The first-order chi connectivity index (χ1) is 9.11. The third kappa shape index (κ3) is 3.03. The number of hydrogen-bond donors (Lipinski definition) is 1. The molecule has 4 nitrogen and oxygen atoms in total. The summed E-state index contributed by atoms with van der Waals surface area (Å²) in [5, 5.41) is 0. The van der Waals surface area contributed by atoms with Gasteiger partial charge >= 0.3 is 0 Å². The van der Waals surface area contributed by atoms with Crippen molar-refractivity contribution >= 4 is 11.5 Å². The molecule has 0 amide bonds. The number of anilines is 2. The number of nitrogens with two attached hydrogens (primary N) is 1. The first kappa shape index (κ1) is 13.4. The van der Waals surface area contributed by atoms with Crippen LogP contribution in [0.4, 0.5) is 11.5 Å². The van der Waals surface area contributed by atoms with Crippen molar-refractivity contribution in [3.05, 3.63) is 48.2 Å². The van der Waals surface area contributed by atoms with E-state index in [4.69, 9.17) is 10.5 Å². The number of nitrogens with zero attached hydrogens (tertiary/aromatic N) is 2. The average Bonchev–Trinajstić information content (AvgIpc) is 2.46. The molecule has 0 unspecified atom stereocenters. The molecule has 4 heteroatoms. The van der Waals surface area contributed by atoms with Crippen LogP contribution in [0.2, 0.25) is 0 Å². The zero-order valence-corrected chi connectivity index (χ0v) is 11.5. The van der Waals surface area contributed by atoms with Crippen molar-refractivity contribution in [1.29, 1.82) is 0 Å². The number of rotatable bonds is 4. The van der Waals surface area contributed by atoms with Gasteiger partial charge in [0.2, 0.25) is 0 Å². The van der Waals surface area contributed by atoms with Crippen molar-refractivity contribution in [3.8, 4) is 5.75 Å². The van der Waals surface area contributed by atoms with E-state index in [9.17, 15) is 0 Å². The van der Waals surface area contributed by atoms with Crippen molar-refractivity contribution in [3.63, 3.8) is 0 Å². The molecule has 0 spiro atoms. The Morgan fingerprint density at radius 3 is 2.63 bits per heavy atom. The molecule has 2 N–H and O–H groups in total. The SMILES string of the molecule is COc1cccc(N(C)c2ccc([C@H](C)N)cn2)c1. The molecule has 1 aromatic carbocycles. The fourth-order valence-electron chi connectivity index (χ4n) is 1.82. The van der Waals surface area contributed by atoms with Crippen molar-refractivity contribution in [2.24, 2.45) is 5.73 Å². The molecule has 100 valence electrons. The molecule has 0 saturated carbocycles. The van der Waals surface area contributed by atoms with Gasteiger partial charge in [0, 0.05) is 31.0 Å². The first-order valence-corrected chi connectivity index (χ1v) is 6.21. The first-order valence-electron chi connectivity index (χ1n) is 6.21. The number of methoxy groups -OCH3 is 1. The minimum atomic E-state index is 0.00340. The molecule has 1 aromatic heterocycles. The highest BCUT2D eigenvalue weighted by molar-refractivity contribution is 5.60. The van der Waals surface area contributed by atoms with Crippen LogP contribution in [0, 0.1) is 0 Å². The van der Waals surface area contributed by atoms with Gasteiger partial charge in [0.05, 0.1) is 7.11 Å². The molecule has 19 heavy (non-hydrogen) atoms. The Kier molecular flexibility index (Phi) is 4.02. The molecule has 0 radical (unpaired) electrons. The van der Waals surface area contributed by atoms with Crippen LogP contribution in [0.25, 0.3) is 0 Å². The van der Waals surface area contributed by atoms with Gasteiger partial charge in [-0.2, -0.15) is 0 Å². The largest absolute Gasteiger partial charge is 0.497 e. The third-order valence-electron chi connectivity index (χ3n) is 3.08. The van der Waals surface area contributed by atoms with Gasteiger partial charge in [0.15, 0.2) is 0 Å². The van der Waals surface area contributed by atoms with Crippen LogP contribution < -0.4 is 15.4 Å². The second-order valence-electron chi connectivity index (χ2n) is 4.50. The molecule has 0 saturated heterocycles. The van der Waals surface area contributed by atoms with E-state index >= 15 is 0 Å². The summed E-state index contributed by atoms with van der Waals surface area (Å²) in [7, 11) is 3.64. The Hall–Kier alpha value is -2.07. The lowest BCUT2D eigenvalue weighted by Crippen LogP contribution is -2.12. The number of benzene rings is 1. The molecule has 1 atom stereocenters. The number of pyridine rings is 1. The van der Waals surface area contributed by atoms with E-state index in [1.165, 1.54) is 0 Å². The normalized spacial score (nSPS) is 12.0. The Morgan fingerprint density at radius 2 is 2.05 bits per heavy atom. The van der Waals surface area contributed by atoms with E-state index in [2.05, 4.69) is 4.98 Å². The standard InChI is InChI=1S/C15H19N3O/c1-11(16)12-7-8-15(17-10-12)18(2)13-5-4-6-14(9-13)19-3/h4-11H,16H2,1-3H3/t11-/m0/s1.